The molecule has 1 unspecified atom stereocenters. The molecule has 114 valence electrons. The Morgan fingerprint density at radius 2 is 1.91 bits per heavy atom. The molecule has 1 atom stereocenters. The molecular weight excluding hydrogens is 286 g/mol. The van der Waals surface area contributed by atoms with E-state index >= 15 is 0 Å². The largest absolute Gasteiger partial charge is 0.339 e. The zero-order valence-electron chi connectivity index (χ0n) is 13.2. The van der Waals surface area contributed by atoms with Crippen molar-refractivity contribution in [2.24, 2.45) is 0 Å². The van der Waals surface area contributed by atoms with Crippen LogP contribution in [0.4, 0.5) is 0 Å². The Kier molecular flexibility index (Phi) is 4.49. The standard InChI is InChI=1S/C19H17N3O/c1-3-14(2)19-21-18(22-23-19)16-10-7-15(8-11-16)9-12-17-6-4-5-13-20-17/h4-8,10-11,13-14H,3H2,1-2H3. The molecule has 0 saturated heterocycles. The molecule has 3 rings (SSSR count). The monoisotopic (exact) mass is 303 g/mol. The summed E-state index contributed by atoms with van der Waals surface area (Å²) in [5.74, 6) is 7.71. The average Bonchev–Trinajstić information content (AvgIpc) is 3.11. The summed E-state index contributed by atoms with van der Waals surface area (Å²) in [6, 6.07) is 13.5. The molecule has 2 heterocycles. The molecule has 0 fully saturated rings. The van der Waals surface area contributed by atoms with E-state index in [-0.39, 0.29) is 5.92 Å². The van der Waals surface area contributed by atoms with Crippen molar-refractivity contribution in [2.75, 3.05) is 0 Å². The Morgan fingerprint density at radius 3 is 2.61 bits per heavy atom. The maximum Gasteiger partial charge on any atom is 0.229 e. The lowest BCUT2D eigenvalue weighted by atomic mass is 10.1. The first kappa shape index (κ1) is 15.0. The highest BCUT2D eigenvalue weighted by atomic mass is 16.5. The summed E-state index contributed by atoms with van der Waals surface area (Å²) in [5, 5.41) is 4.05. The third kappa shape index (κ3) is 3.64. The minimum absolute atomic E-state index is 0.278. The Balaban J connectivity index is 1.77. The number of hydrogen-bond acceptors (Lipinski definition) is 4. The summed E-state index contributed by atoms with van der Waals surface area (Å²) < 4.78 is 5.31. The molecule has 0 radical (unpaired) electrons. The zero-order valence-corrected chi connectivity index (χ0v) is 13.2. The highest BCUT2D eigenvalue weighted by Crippen LogP contribution is 2.21. The first-order valence-corrected chi connectivity index (χ1v) is 7.63. The predicted molar refractivity (Wildman–Crippen MR) is 88.7 cm³/mol. The third-order valence-electron chi connectivity index (χ3n) is 3.62. The van der Waals surface area contributed by atoms with Crippen molar-refractivity contribution in [1.29, 1.82) is 0 Å². The van der Waals surface area contributed by atoms with Gasteiger partial charge in [-0.2, -0.15) is 4.98 Å². The Bertz CT molecular complexity index is 826. The van der Waals surface area contributed by atoms with Crippen molar-refractivity contribution in [2.45, 2.75) is 26.2 Å². The van der Waals surface area contributed by atoms with Crippen LogP contribution in [0.2, 0.25) is 0 Å². The molecule has 23 heavy (non-hydrogen) atoms. The van der Waals surface area contributed by atoms with Crippen LogP contribution in [0, 0.1) is 11.8 Å². The number of aromatic nitrogens is 3. The maximum absolute atomic E-state index is 5.31. The molecule has 0 spiro atoms. The minimum atomic E-state index is 0.278. The molecule has 0 aliphatic carbocycles. The van der Waals surface area contributed by atoms with E-state index in [4.69, 9.17) is 4.52 Å². The summed E-state index contributed by atoms with van der Waals surface area (Å²) in [5.41, 5.74) is 2.60. The molecule has 0 saturated carbocycles. The van der Waals surface area contributed by atoms with Gasteiger partial charge in [-0.05, 0) is 48.7 Å². The molecule has 1 aromatic carbocycles. The number of pyridine rings is 1. The van der Waals surface area contributed by atoms with Gasteiger partial charge in [0.25, 0.3) is 0 Å². The van der Waals surface area contributed by atoms with Crippen LogP contribution in [0.15, 0.2) is 53.2 Å². The van der Waals surface area contributed by atoms with Crippen LogP contribution in [0.1, 0.15) is 43.3 Å². The number of nitrogens with zero attached hydrogens (tertiary/aromatic N) is 3. The third-order valence-corrected chi connectivity index (χ3v) is 3.62. The van der Waals surface area contributed by atoms with Crippen LogP contribution in [-0.2, 0) is 0 Å². The smallest absolute Gasteiger partial charge is 0.229 e. The van der Waals surface area contributed by atoms with Gasteiger partial charge in [-0.15, -0.1) is 0 Å². The SMILES string of the molecule is CCC(C)c1nc(-c2ccc(C#Cc3ccccn3)cc2)no1. The van der Waals surface area contributed by atoms with Gasteiger partial charge in [0.15, 0.2) is 0 Å². The van der Waals surface area contributed by atoms with E-state index in [1.165, 1.54) is 0 Å². The lowest BCUT2D eigenvalue weighted by Gasteiger charge is -1.98. The van der Waals surface area contributed by atoms with E-state index in [1.807, 2.05) is 42.5 Å². The van der Waals surface area contributed by atoms with E-state index in [0.29, 0.717) is 11.7 Å². The van der Waals surface area contributed by atoms with Crippen molar-refractivity contribution >= 4 is 0 Å². The quantitative estimate of drug-likeness (QED) is 0.685. The van der Waals surface area contributed by atoms with E-state index in [2.05, 4.69) is 40.8 Å². The maximum atomic E-state index is 5.31. The van der Waals surface area contributed by atoms with Crippen LogP contribution in [0.5, 0.6) is 0 Å². The predicted octanol–water partition coefficient (Wildman–Crippen LogP) is 4.04. The first-order chi connectivity index (χ1) is 11.3. The van der Waals surface area contributed by atoms with Crippen molar-refractivity contribution in [3.8, 4) is 23.2 Å². The fraction of sp³-hybridized carbons (Fsp3) is 0.211. The minimum Gasteiger partial charge on any atom is -0.339 e. The fourth-order valence-corrected chi connectivity index (χ4v) is 2.00. The summed E-state index contributed by atoms with van der Waals surface area (Å²) in [6.07, 6.45) is 2.71. The highest BCUT2D eigenvalue weighted by molar-refractivity contribution is 5.56. The van der Waals surface area contributed by atoms with Crippen LogP contribution >= 0.6 is 0 Å². The second-order valence-corrected chi connectivity index (χ2v) is 5.31. The molecule has 0 bridgehead atoms. The van der Waals surface area contributed by atoms with Gasteiger partial charge in [-0.25, -0.2) is 4.98 Å². The van der Waals surface area contributed by atoms with Crippen molar-refractivity contribution < 1.29 is 4.52 Å². The second kappa shape index (κ2) is 6.89. The van der Waals surface area contributed by atoms with Gasteiger partial charge in [-0.3, -0.25) is 0 Å². The zero-order chi connectivity index (χ0) is 16.1. The van der Waals surface area contributed by atoms with Crippen molar-refractivity contribution in [3.63, 3.8) is 0 Å². The van der Waals surface area contributed by atoms with Gasteiger partial charge < -0.3 is 4.52 Å². The molecular formula is C19H17N3O. The van der Waals surface area contributed by atoms with Gasteiger partial charge in [0.2, 0.25) is 11.7 Å². The lowest BCUT2D eigenvalue weighted by molar-refractivity contribution is 0.357. The van der Waals surface area contributed by atoms with Gasteiger partial charge in [-0.1, -0.05) is 31.0 Å². The Hall–Kier alpha value is -2.93. The van der Waals surface area contributed by atoms with Crippen molar-refractivity contribution in [1.82, 2.24) is 15.1 Å². The Labute approximate surface area is 135 Å². The molecule has 4 nitrogen and oxygen atoms in total. The summed E-state index contributed by atoms with van der Waals surface area (Å²) in [7, 11) is 0. The molecule has 3 aromatic rings. The van der Waals surface area contributed by atoms with Gasteiger partial charge >= 0.3 is 0 Å². The van der Waals surface area contributed by atoms with E-state index in [0.717, 1.165) is 23.2 Å². The molecule has 4 heteroatoms. The van der Waals surface area contributed by atoms with E-state index < -0.39 is 0 Å². The van der Waals surface area contributed by atoms with E-state index in [9.17, 15) is 0 Å². The first-order valence-electron chi connectivity index (χ1n) is 7.63. The Morgan fingerprint density at radius 1 is 1.09 bits per heavy atom. The molecule has 0 amide bonds. The van der Waals surface area contributed by atoms with Gasteiger partial charge in [0, 0.05) is 23.2 Å². The van der Waals surface area contributed by atoms with Gasteiger partial charge in [0.1, 0.15) is 5.69 Å². The molecule has 2 aromatic heterocycles. The molecule has 0 aliphatic heterocycles. The summed E-state index contributed by atoms with van der Waals surface area (Å²) in [4.78, 5) is 8.63. The molecule has 0 N–H and O–H groups in total. The second-order valence-electron chi connectivity index (χ2n) is 5.31. The lowest BCUT2D eigenvalue weighted by Crippen LogP contribution is -1.91. The van der Waals surface area contributed by atoms with Crippen LogP contribution < -0.4 is 0 Å². The number of benzene rings is 1. The fourth-order valence-electron chi connectivity index (χ4n) is 2.00. The van der Waals surface area contributed by atoms with Gasteiger partial charge in [0.05, 0.1) is 0 Å². The van der Waals surface area contributed by atoms with Crippen LogP contribution in [-0.4, -0.2) is 15.1 Å². The van der Waals surface area contributed by atoms with E-state index in [1.54, 1.807) is 6.20 Å². The normalized spacial score (nSPS) is 11.6. The summed E-state index contributed by atoms with van der Waals surface area (Å²) in [6.45, 7) is 4.18. The number of rotatable bonds is 3. The number of hydrogen-bond donors (Lipinski definition) is 0. The van der Waals surface area contributed by atoms with Crippen molar-refractivity contribution in [3.05, 3.63) is 65.8 Å². The van der Waals surface area contributed by atoms with Crippen LogP contribution in [0.25, 0.3) is 11.4 Å². The average molecular weight is 303 g/mol. The van der Waals surface area contributed by atoms with Crippen LogP contribution in [0.3, 0.4) is 0 Å². The molecule has 0 aliphatic rings. The highest BCUT2D eigenvalue weighted by Gasteiger charge is 2.13. The topological polar surface area (TPSA) is 51.8 Å². The summed E-state index contributed by atoms with van der Waals surface area (Å²) >= 11 is 0.